The van der Waals surface area contributed by atoms with Crippen LogP contribution >= 0.6 is 0 Å². The Bertz CT molecular complexity index is 704. The second-order valence-corrected chi connectivity index (χ2v) is 5.93. The summed E-state index contributed by atoms with van der Waals surface area (Å²) in [5.41, 5.74) is 8.17. The Morgan fingerprint density at radius 3 is 2.50 bits per heavy atom. The molecule has 0 aliphatic carbocycles. The van der Waals surface area contributed by atoms with Crippen LogP contribution in [0.25, 0.3) is 0 Å². The zero-order valence-corrected chi connectivity index (χ0v) is 15.7. The predicted molar refractivity (Wildman–Crippen MR) is 107 cm³/mol. The van der Waals surface area contributed by atoms with Crippen LogP contribution in [0, 0.1) is 0 Å². The van der Waals surface area contributed by atoms with E-state index >= 15 is 0 Å². The molecule has 6 nitrogen and oxygen atoms in total. The van der Waals surface area contributed by atoms with Gasteiger partial charge in [-0.25, -0.2) is 4.99 Å². The Morgan fingerprint density at radius 2 is 1.81 bits per heavy atom. The Kier molecular flexibility index (Phi) is 7.61. The first-order valence-electron chi connectivity index (χ1n) is 8.65. The maximum Gasteiger partial charge on any atom is 0.188 e. The molecule has 0 aliphatic rings. The quantitative estimate of drug-likeness (QED) is 0.411. The number of hydrogen-bond donors (Lipinski definition) is 2. The molecule has 0 aliphatic heterocycles. The van der Waals surface area contributed by atoms with Gasteiger partial charge >= 0.3 is 0 Å². The molecule has 0 atom stereocenters. The first-order chi connectivity index (χ1) is 12.6. The highest BCUT2D eigenvalue weighted by atomic mass is 16.5. The van der Waals surface area contributed by atoms with Crippen LogP contribution in [-0.2, 0) is 6.54 Å². The summed E-state index contributed by atoms with van der Waals surface area (Å²) < 4.78 is 10.5. The second-order valence-electron chi connectivity index (χ2n) is 5.93. The number of ether oxygens (including phenoxy) is 2. The van der Waals surface area contributed by atoms with Crippen molar-refractivity contribution >= 4 is 11.6 Å². The van der Waals surface area contributed by atoms with Crippen molar-refractivity contribution in [3.05, 3.63) is 54.1 Å². The summed E-state index contributed by atoms with van der Waals surface area (Å²) in [5.74, 6) is 1.84. The van der Waals surface area contributed by atoms with E-state index in [4.69, 9.17) is 15.2 Å². The topological polar surface area (TPSA) is 72.1 Å². The third kappa shape index (κ3) is 5.88. The summed E-state index contributed by atoms with van der Waals surface area (Å²) in [4.78, 5) is 6.59. The van der Waals surface area contributed by atoms with Crippen LogP contribution in [-0.4, -0.2) is 40.3 Å². The third-order valence-electron chi connectivity index (χ3n) is 4.05. The number of rotatable bonds is 9. The SMILES string of the molecule is COc1ccc(CN=C(N)NCCCN(C)c2ccccc2)cc1OC. The molecule has 0 fully saturated rings. The summed E-state index contributed by atoms with van der Waals surface area (Å²) in [7, 11) is 5.32. The Balaban J connectivity index is 1.75. The van der Waals surface area contributed by atoms with Gasteiger partial charge in [-0.3, -0.25) is 0 Å². The van der Waals surface area contributed by atoms with E-state index in [-0.39, 0.29) is 0 Å². The minimum absolute atomic E-state index is 0.446. The number of para-hydroxylation sites is 1. The van der Waals surface area contributed by atoms with E-state index in [0.29, 0.717) is 24.0 Å². The third-order valence-corrected chi connectivity index (χ3v) is 4.05. The van der Waals surface area contributed by atoms with E-state index in [0.717, 1.165) is 25.1 Å². The van der Waals surface area contributed by atoms with Gasteiger partial charge in [0.2, 0.25) is 0 Å². The lowest BCUT2D eigenvalue weighted by Gasteiger charge is -2.19. The molecule has 6 heteroatoms. The minimum atomic E-state index is 0.446. The zero-order chi connectivity index (χ0) is 18.8. The van der Waals surface area contributed by atoms with Crippen LogP contribution in [0.1, 0.15) is 12.0 Å². The fourth-order valence-corrected chi connectivity index (χ4v) is 2.56. The van der Waals surface area contributed by atoms with Crippen LogP contribution in [0.2, 0.25) is 0 Å². The Labute approximate surface area is 155 Å². The number of benzene rings is 2. The molecule has 0 heterocycles. The van der Waals surface area contributed by atoms with E-state index in [1.165, 1.54) is 5.69 Å². The molecule has 0 unspecified atom stereocenters. The monoisotopic (exact) mass is 356 g/mol. The lowest BCUT2D eigenvalue weighted by atomic mass is 10.2. The van der Waals surface area contributed by atoms with Crippen molar-refractivity contribution in [1.82, 2.24) is 5.32 Å². The van der Waals surface area contributed by atoms with Gasteiger partial charge in [0, 0.05) is 25.8 Å². The second kappa shape index (κ2) is 10.2. The maximum absolute atomic E-state index is 5.95. The van der Waals surface area contributed by atoms with Gasteiger partial charge in [-0.15, -0.1) is 0 Å². The highest BCUT2D eigenvalue weighted by Crippen LogP contribution is 2.27. The number of nitrogens with zero attached hydrogens (tertiary/aromatic N) is 2. The summed E-state index contributed by atoms with van der Waals surface area (Å²) >= 11 is 0. The first-order valence-corrected chi connectivity index (χ1v) is 8.65. The summed E-state index contributed by atoms with van der Waals surface area (Å²) in [5, 5.41) is 3.16. The van der Waals surface area contributed by atoms with Crippen LogP contribution in [0.15, 0.2) is 53.5 Å². The van der Waals surface area contributed by atoms with E-state index < -0.39 is 0 Å². The average Bonchev–Trinajstić information content (AvgIpc) is 2.69. The largest absolute Gasteiger partial charge is 0.493 e. The van der Waals surface area contributed by atoms with Crippen LogP contribution < -0.4 is 25.4 Å². The van der Waals surface area contributed by atoms with Crippen molar-refractivity contribution in [1.29, 1.82) is 0 Å². The Hall–Kier alpha value is -2.89. The van der Waals surface area contributed by atoms with Gasteiger partial charge in [-0.1, -0.05) is 24.3 Å². The van der Waals surface area contributed by atoms with Crippen molar-refractivity contribution in [3.63, 3.8) is 0 Å². The molecule has 0 spiro atoms. The van der Waals surface area contributed by atoms with Crippen molar-refractivity contribution < 1.29 is 9.47 Å². The summed E-state index contributed by atoms with van der Waals surface area (Å²) in [6, 6.07) is 16.0. The molecule has 2 rings (SSSR count). The predicted octanol–water partition coefficient (Wildman–Crippen LogP) is 2.63. The molecule has 3 N–H and O–H groups in total. The maximum atomic E-state index is 5.95. The van der Waals surface area contributed by atoms with E-state index in [9.17, 15) is 0 Å². The molecule has 0 bridgehead atoms. The number of hydrogen-bond acceptors (Lipinski definition) is 4. The van der Waals surface area contributed by atoms with E-state index in [2.05, 4.69) is 34.4 Å². The fraction of sp³-hybridized carbons (Fsp3) is 0.350. The van der Waals surface area contributed by atoms with Gasteiger partial charge in [-0.2, -0.15) is 0 Å². The standard InChI is InChI=1S/C20H28N4O2/c1-24(17-8-5-4-6-9-17)13-7-12-22-20(21)23-15-16-10-11-18(25-2)19(14-16)26-3/h4-6,8-11,14H,7,12-13,15H2,1-3H3,(H3,21,22,23). The average molecular weight is 356 g/mol. The number of aliphatic imine (C=N–C) groups is 1. The number of guanidine groups is 1. The summed E-state index contributed by atoms with van der Waals surface area (Å²) in [6.07, 6.45) is 0.970. The van der Waals surface area contributed by atoms with E-state index in [1.54, 1.807) is 14.2 Å². The van der Waals surface area contributed by atoms with Crippen LogP contribution in [0.3, 0.4) is 0 Å². The summed E-state index contributed by atoms with van der Waals surface area (Å²) in [6.45, 7) is 2.21. The first kappa shape index (κ1) is 19.4. The fourth-order valence-electron chi connectivity index (χ4n) is 2.56. The van der Waals surface area contributed by atoms with Gasteiger partial charge < -0.3 is 25.4 Å². The van der Waals surface area contributed by atoms with E-state index in [1.807, 2.05) is 36.4 Å². The lowest BCUT2D eigenvalue weighted by molar-refractivity contribution is 0.354. The van der Waals surface area contributed by atoms with Crippen molar-refractivity contribution in [2.45, 2.75) is 13.0 Å². The van der Waals surface area contributed by atoms with Crippen LogP contribution in [0.5, 0.6) is 11.5 Å². The molecule has 140 valence electrons. The van der Waals surface area contributed by atoms with Crippen molar-refractivity contribution in [2.24, 2.45) is 10.7 Å². The van der Waals surface area contributed by atoms with Gasteiger partial charge in [0.15, 0.2) is 17.5 Å². The minimum Gasteiger partial charge on any atom is -0.493 e. The smallest absolute Gasteiger partial charge is 0.188 e. The van der Waals surface area contributed by atoms with Crippen molar-refractivity contribution in [3.8, 4) is 11.5 Å². The molecule has 2 aromatic carbocycles. The normalized spacial score (nSPS) is 11.1. The molecular weight excluding hydrogens is 328 g/mol. The molecular formula is C20H28N4O2. The van der Waals surface area contributed by atoms with Gasteiger partial charge in [0.25, 0.3) is 0 Å². The molecule has 0 amide bonds. The van der Waals surface area contributed by atoms with Gasteiger partial charge in [0.05, 0.1) is 20.8 Å². The number of nitrogens with one attached hydrogen (secondary N) is 1. The molecule has 0 saturated carbocycles. The highest BCUT2D eigenvalue weighted by molar-refractivity contribution is 5.77. The zero-order valence-electron chi connectivity index (χ0n) is 15.7. The number of methoxy groups -OCH3 is 2. The number of nitrogens with two attached hydrogens (primary N) is 1. The molecule has 0 aromatic heterocycles. The lowest BCUT2D eigenvalue weighted by Crippen LogP contribution is -2.34. The van der Waals surface area contributed by atoms with Gasteiger partial charge in [0.1, 0.15) is 0 Å². The Morgan fingerprint density at radius 1 is 1.08 bits per heavy atom. The van der Waals surface area contributed by atoms with Crippen molar-refractivity contribution in [2.75, 3.05) is 39.3 Å². The van der Waals surface area contributed by atoms with Crippen LogP contribution in [0.4, 0.5) is 5.69 Å². The highest BCUT2D eigenvalue weighted by Gasteiger charge is 2.04. The molecule has 0 radical (unpaired) electrons. The molecule has 2 aromatic rings. The molecule has 26 heavy (non-hydrogen) atoms. The molecule has 0 saturated heterocycles. The van der Waals surface area contributed by atoms with Gasteiger partial charge in [-0.05, 0) is 36.2 Å². The number of anilines is 1.